The summed E-state index contributed by atoms with van der Waals surface area (Å²) in [4.78, 5) is 12.6. The Balaban J connectivity index is 2.04. The number of amides is 1. The topological polar surface area (TPSA) is 29.1 Å². The second kappa shape index (κ2) is 4.54. The zero-order valence-corrected chi connectivity index (χ0v) is 10.0. The van der Waals surface area contributed by atoms with Crippen molar-refractivity contribution in [1.82, 2.24) is 5.32 Å². The summed E-state index contributed by atoms with van der Waals surface area (Å²) in [5.41, 5.74) is -0.150. The van der Waals surface area contributed by atoms with Gasteiger partial charge in [-0.2, -0.15) is 0 Å². The molecule has 0 spiro atoms. The average Bonchev–Trinajstić information content (AvgIpc) is 2.88. The van der Waals surface area contributed by atoms with Gasteiger partial charge in [0.25, 0.3) is 5.91 Å². The largest absolute Gasteiger partial charge is 0.345 e. The first-order valence-electron chi connectivity index (χ1n) is 5.18. The van der Waals surface area contributed by atoms with Crippen LogP contribution in [0.2, 0.25) is 0 Å². The Bertz CT molecular complexity index is 330. The first-order valence-corrected chi connectivity index (χ1v) is 6.59. The summed E-state index contributed by atoms with van der Waals surface area (Å²) in [7, 11) is 0. The quantitative estimate of drug-likeness (QED) is 0.813. The van der Waals surface area contributed by atoms with Crippen LogP contribution >= 0.6 is 22.9 Å². The highest BCUT2D eigenvalue weighted by molar-refractivity contribution is 7.12. The van der Waals surface area contributed by atoms with E-state index in [0.717, 1.165) is 30.6 Å². The monoisotopic (exact) mass is 243 g/mol. The van der Waals surface area contributed by atoms with E-state index in [0.29, 0.717) is 5.88 Å². The van der Waals surface area contributed by atoms with Gasteiger partial charge < -0.3 is 5.32 Å². The lowest BCUT2D eigenvalue weighted by molar-refractivity contribution is 0.0913. The van der Waals surface area contributed by atoms with E-state index in [-0.39, 0.29) is 11.4 Å². The van der Waals surface area contributed by atoms with Crippen molar-refractivity contribution in [2.24, 2.45) is 0 Å². The Labute approximate surface area is 98.6 Å². The van der Waals surface area contributed by atoms with Gasteiger partial charge in [0.15, 0.2) is 0 Å². The molecule has 82 valence electrons. The zero-order chi connectivity index (χ0) is 10.7. The van der Waals surface area contributed by atoms with E-state index in [1.54, 1.807) is 0 Å². The fourth-order valence-electron chi connectivity index (χ4n) is 2.05. The number of rotatable bonds is 3. The van der Waals surface area contributed by atoms with Gasteiger partial charge in [0.1, 0.15) is 0 Å². The van der Waals surface area contributed by atoms with Gasteiger partial charge in [-0.15, -0.1) is 22.9 Å². The van der Waals surface area contributed by atoms with Crippen molar-refractivity contribution in [2.45, 2.75) is 31.2 Å². The van der Waals surface area contributed by atoms with Gasteiger partial charge in [-0.05, 0) is 24.3 Å². The Hall–Kier alpha value is -0.540. The number of nitrogens with one attached hydrogen (secondary N) is 1. The minimum absolute atomic E-state index is 0.0209. The number of hydrogen-bond acceptors (Lipinski definition) is 2. The molecule has 2 nitrogen and oxygen atoms in total. The second-order valence-corrected chi connectivity index (χ2v) is 5.27. The number of halogens is 1. The van der Waals surface area contributed by atoms with Crippen LogP contribution < -0.4 is 5.32 Å². The maximum Gasteiger partial charge on any atom is 0.261 e. The smallest absolute Gasteiger partial charge is 0.261 e. The molecule has 1 amide bonds. The molecule has 1 aromatic heterocycles. The van der Waals surface area contributed by atoms with Crippen LogP contribution in [0.3, 0.4) is 0 Å². The molecule has 0 bridgehead atoms. The number of carbonyl (C=O) groups excluding carboxylic acids is 1. The van der Waals surface area contributed by atoms with E-state index < -0.39 is 0 Å². The Kier molecular flexibility index (Phi) is 3.32. The van der Waals surface area contributed by atoms with Crippen molar-refractivity contribution in [3.05, 3.63) is 22.4 Å². The maximum absolute atomic E-state index is 11.9. The van der Waals surface area contributed by atoms with E-state index in [2.05, 4.69) is 5.32 Å². The van der Waals surface area contributed by atoms with E-state index in [9.17, 15) is 4.79 Å². The highest BCUT2D eigenvalue weighted by Gasteiger charge is 2.34. The third kappa shape index (κ3) is 2.34. The van der Waals surface area contributed by atoms with Gasteiger partial charge in [-0.3, -0.25) is 4.79 Å². The molecule has 0 saturated heterocycles. The van der Waals surface area contributed by atoms with Crippen LogP contribution in [0, 0.1) is 0 Å². The van der Waals surface area contributed by atoms with Crippen LogP contribution in [-0.4, -0.2) is 17.3 Å². The highest BCUT2D eigenvalue weighted by atomic mass is 35.5. The molecule has 0 atom stereocenters. The molecule has 1 aromatic rings. The molecule has 1 aliphatic carbocycles. The van der Waals surface area contributed by atoms with Crippen LogP contribution in [0.4, 0.5) is 0 Å². The van der Waals surface area contributed by atoms with Crippen molar-refractivity contribution in [3.8, 4) is 0 Å². The minimum atomic E-state index is -0.150. The molecular weight excluding hydrogens is 230 g/mol. The van der Waals surface area contributed by atoms with Crippen LogP contribution in [0.1, 0.15) is 35.4 Å². The van der Waals surface area contributed by atoms with E-state index in [1.807, 2.05) is 17.5 Å². The summed E-state index contributed by atoms with van der Waals surface area (Å²) in [5.74, 6) is 0.539. The first-order chi connectivity index (χ1) is 7.26. The van der Waals surface area contributed by atoms with Crippen molar-refractivity contribution in [1.29, 1.82) is 0 Å². The summed E-state index contributed by atoms with van der Waals surface area (Å²) in [6.45, 7) is 0. The molecule has 1 aliphatic rings. The Morgan fingerprint density at radius 1 is 1.53 bits per heavy atom. The van der Waals surface area contributed by atoms with Crippen molar-refractivity contribution in [3.63, 3.8) is 0 Å². The van der Waals surface area contributed by atoms with Gasteiger partial charge in [-0.25, -0.2) is 0 Å². The van der Waals surface area contributed by atoms with Crippen LogP contribution in [0.5, 0.6) is 0 Å². The minimum Gasteiger partial charge on any atom is -0.345 e. The molecule has 0 aromatic carbocycles. The molecule has 1 saturated carbocycles. The van der Waals surface area contributed by atoms with E-state index >= 15 is 0 Å². The predicted octanol–water partition coefficient (Wildman–Crippen LogP) is 3.03. The standard InChI is InChI=1S/C11H14ClNOS/c12-8-11(5-1-2-6-11)13-10(14)9-4-3-7-15-9/h3-4,7H,1-2,5-6,8H2,(H,13,14). The van der Waals surface area contributed by atoms with Crippen LogP contribution in [0.15, 0.2) is 17.5 Å². The number of hydrogen-bond donors (Lipinski definition) is 1. The van der Waals surface area contributed by atoms with Gasteiger partial charge in [0.05, 0.1) is 10.4 Å². The lowest BCUT2D eigenvalue weighted by atomic mass is 10.0. The molecule has 0 aliphatic heterocycles. The lowest BCUT2D eigenvalue weighted by Gasteiger charge is -2.27. The van der Waals surface area contributed by atoms with Crippen LogP contribution in [-0.2, 0) is 0 Å². The molecule has 15 heavy (non-hydrogen) atoms. The second-order valence-electron chi connectivity index (χ2n) is 4.05. The summed E-state index contributed by atoms with van der Waals surface area (Å²) >= 11 is 7.43. The van der Waals surface area contributed by atoms with Crippen molar-refractivity contribution < 1.29 is 4.79 Å². The first kappa shape index (κ1) is 11.0. The molecule has 0 unspecified atom stereocenters. The summed E-state index contributed by atoms with van der Waals surface area (Å²) in [5, 5.41) is 5.00. The zero-order valence-electron chi connectivity index (χ0n) is 8.46. The average molecular weight is 244 g/mol. The number of alkyl halides is 1. The molecule has 2 rings (SSSR count). The Morgan fingerprint density at radius 2 is 2.27 bits per heavy atom. The van der Waals surface area contributed by atoms with Gasteiger partial charge in [0.2, 0.25) is 0 Å². The molecular formula is C11H14ClNOS. The highest BCUT2D eigenvalue weighted by Crippen LogP contribution is 2.31. The van der Waals surface area contributed by atoms with Crippen molar-refractivity contribution in [2.75, 3.05) is 5.88 Å². The SMILES string of the molecule is O=C(NC1(CCl)CCCC1)c1cccs1. The van der Waals surface area contributed by atoms with Gasteiger partial charge in [-0.1, -0.05) is 18.9 Å². The lowest BCUT2D eigenvalue weighted by Crippen LogP contribution is -2.47. The van der Waals surface area contributed by atoms with E-state index in [1.165, 1.54) is 11.3 Å². The molecule has 1 fully saturated rings. The third-order valence-corrected chi connectivity index (χ3v) is 4.32. The fraction of sp³-hybridized carbons (Fsp3) is 0.545. The normalized spacial score (nSPS) is 19.0. The molecule has 0 radical (unpaired) electrons. The summed E-state index contributed by atoms with van der Waals surface area (Å²) < 4.78 is 0. The fourth-order valence-corrected chi connectivity index (χ4v) is 3.01. The molecule has 1 heterocycles. The number of carbonyl (C=O) groups is 1. The maximum atomic E-state index is 11.9. The van der Waals surface area contributed by atoms with Gasteiger partial charge in [0, 0.05) is 5.88 Å². The van der Waals surface area contributed by atoms with Crippen LogP contribution in [0.25, 0.3) is 0 Å². The predicted molar refractivity (Wildman–Crippen MR) is 63.7 cm³/mol. The summed E-state index contributed by atoms with van der Waals surface area (Å²) in [6, 6.07) is 3.73. The molecule has 1 N–H and O–H groups in total. The third-order valence-electron chi connectivity index (χ3n) is 2.94. The summed E-state index contributed by atoms with van der Waals surface area (Å²) in [6.07, 6.45) is 4.34. The van der Waals surface area contributed by atoms with Crippen molar-refractivity contribution >= 4 is 28.8 Å². The number of thiophene rings is 1. The Morgan fingerprint density at radius 3 is 2.80 bits per heavy atom. The van der Waals surface area contributed by atoms with E-state index in [4.69, 9.17) is 11.6 Å². The molecule has 4 heteroatoms. The van der Waals surface area contributed by atoms with Gasteiger partial charge >= 0.3 is 0 Å².